The first kappa shape index (κ1) is 15.0. The van der Waals surface area contributed by atoms with Crippen molar-refractivity contribution in [3.8, 4) is 0 Å². The number of benzene rings is 1. The van der Waals surface area contributed by atoms with E-state index in [1.54, 1.807) is 0 Å². The van der Waals surface area contributed by atoms with Gasteiger partial charge in [-0.25, -0.2) is 0 Å². The fourth-order valence-electron chi connectivity index (χ4n) is 1.77. The van der Waals surface area contributed by atoms with Crippen molar-refractivity contribution in [3.63, 3.8) is 0 Å². The Kier molecular flexibility index (Phi) is 5.17. The van der Waals surface area contributed by atoms with Gasteiger partial charge >= 0.3 is 0 Å². The Labute approximate surface area is 114 Å². The molecule has 18 heavy (non-hydrogen) atoms. The van der Waals surface area contributed by atoms with Gasteiger partial charge in [0.1, 0.15) is 6.54 Å². The highest BCUT2D eigenvalue weighted by molar-refractivity contribution is 6.31. The molecule has 0 aliphatic carbocycles. The summed E-state index contributed by atoms with van der Waals surface area (Å²) in [6, 6.07) is 7.74. The number of nitrogens with one attached hydrogen (secondary N) is 2. The van der Waals surface area contributed by atoms with Gasteiger partial charge in [-0.1, -0.05) is 29.8 Å². The first-order chi connectivity index (χ1) is 8.28. The number of amides is 1. The first-order valence-electron chi connectivity index (χ1n) is 6.13. The average Bonchev–Trinajstić information content (AvgIpc) is 2.18. The van der Waals surface area contributed by atoms with Gasteiger partial charge in [-0.05, 0) is 26.8 Å². The number of likely N-dealkylation sites (N-methyl/N-ethyl adjacent to an activating group) is 1. The summed E-state index contributed by atoms with van der Waals surface area (Å²) >= 11 is 6.10. The van der Waals surface area contributed by atoms with Gasteiger partial charge in [0.05, 0.1) is 7.05 Å². The van der Waals surface area contributed by atoms with Crippen LogP contribution in [0.25, 0.3) is 0 Å². The van der Waals surface area contributed by atoms with E-state index in [0.717, 1.165) is 22.0 Å². The Balaban J connectivity index is 2.50. The second kappa shape index (κ2) is 6.21. The molecule has 0 bridgehead atoms. The van der Waals surface area contributed by atoms with Gasteiger partial charge in [-0.2, -0.15) is 0 Å². The second-order valence-electron chi connectivity index (χ2n) is 5.70. The highest BCUT2D eigenvalue weighted by atomic mass is 35.5. The maximum atomic E-state index is 11.8. The molecular formula is C14H22ClN2O+. The van der Waals surface area contributed by atoms with Crippen molar-refractivity contribution in [1.82, 2.24) is 5.32 Å². The summed E-state index contributed by atoms with van der Waals surface area (Å²) in [5, 5.41) is 3.72. The van der Waals surface area contributed by atoms with Crippen molar-refractivity contribution in [2.24, 2.45) is 0 Å². The summed E-state index contributed by atoms with van der Waals surface area (Å²) in [4.78, 5) is 12.9. The molecule has 0 saturated heterocycles. The molecule has 0 aliphatic heterocycles. The van der Waals surface area contributed by atoms with E-state index in [-0.39, 0.29) is 11.4 Å². The van der Waals surface area contributed by atoms with Crippen molar-refractivity contribution >= 4 is 17.5 Å². The Bertz CT molecular complexity index is 413. The van der Waals surface area contributed by atoms with Crippen LogP contribution in [0, 0.1) is 0 Å². The summed E-state index contributed by atoms with van der Waals surface area (Å²) in [7, 11) is 1.99. The Morgan fingerprint density at radius 3 is 2.50 bits per heavy atom. The summed E-state index contributed by atoms with van der Waals surface area (Å²) < 4.78 is 0. The molecule has 1 amide bonds. The van der Waals surface area contributed by atoms with Gasteiger partial charge in [0.25, 0.3) is 5.91 Å². The largest absolute Gasteiger partial charge is 0.347 e. The average molecular weight is 270 g/mol. The monoisotopic (exact) mass is 269 g/mol. The molecule has 2 N–H and O–H groups in total. The zero-order valence-electron chi connectivity index (χ0n) is 11.5. The van der Waals surface area contributed by atoms with E-state index in [1.807, 2.05) is 52.1 Å². The lowest BCUT2D eigenvalue weighted by Crippen LogP contribution is -3.09. The van der Waals surface area contributed by atoms with Crippen molar-refractivity contribution < 1.29 is 9.69 Å². The lowest BCUT2D eigenvalue weighted by Gasteiger charge is -2.22. The summed E-state index contributed by atoms with van der Waals surface area (Å²) in [6.07, 6.45) is 0. The van der Waals surface area contributed by atoms with Crippen LogP contribution in [0.5, 0.6) is 0 Å². The molecule has 0 aromatic heterocycles. The third-order valence-corrected chi connectivity index (χ3v) is 2.80. The van der Waals surface area contributed by atoms with Gasteiger partial charge in [0.15, 0.2) is 6.54 Å². The quantitative estimate of drug-likeness (QED) is 0.848. The lowest BCUT2D eigenvalue weighted by atomic mass is 10.1. The molecule has 0 fully saturated rings. The van der Waals surface area contributed by atoms with E-state index in [0.29, 0.717) is 6.54 Å². The third-order valence-electron chi connectivity index (χ3n) is 2.43. The highest BCUT2D eigenvalue weighted by Crippen LogP contribution is 2.13. The second-order valence-corrected chi connectivity index (χ2v) is 6.11. The minimum atomic E-state index is -0.179. The molecule has 4 heteroatoms. The third kappa shape index (κ3) is 5.52. The van der Waals surface area contributed by atoms with E-state index in [9.17, 15) is 4.79 Å². The minimum Gasteiger partial charge on any atom is -0.347 e. The van der Waals surface area contributed by atoms with E-state index in [2.05, 4.69) is 5.32 Å². The van der Waals surface area contributed by atoms with Crippen LogP contribution in [0.3, 0.4) is 0 Å². The number of hydrogen-bond donors (Lipinski definition) is 2. The van der Waals surface area contributed by atoms with Gasteiger partial charge < -0.3 is 10.2 Å². The highest BCUT2D eigenvalue weighted by Gasteiger charge is 2.17. The lowest BCUT2D eigenvalue weighted by molar-refractivity contribution is -0.885. The maximum absolute atomic E-state index is 11.8. The SMILES string of the molecule is C[NH+](CC(=O)NC(C)(C)C)Cc1ccccc1Cl. The number of hydrogen-bond acceptors (Lipinski definition) is 1. The standard InChI is InChI=1S/C14H21ClN2O/c1-14(2,3)16-13(18)10-17(4)9-11-7-5-6-8-12(11)15/h5-8H,9-10H2,1-4H3,(H,16,18)/p+1. The zero-order chi connectivity index (χ0) is 13.8. The smallest absolute Gasteiger partial charge is 0.275 e. The molecule has 1 rings (SSSR count). The van der Waals surface area contributed by atoms with Crippen molar-refractivity contribution in [2.75, 3.05) is 13.6 Å². The number of quaternary nitrogens is 1. The van der Waals surface area contributed by atoms with E-state index < -0.39 is 0 Å². The maximum Gasteiger partial charge on any atom is 0.275 e. The molecule has 0 spiro atoms. The summed E-state index contributed by atoms with van der Waals surface area (Å²) in [5.41, 5.74) is 0.891. The molecule has 100 valence electrons. The van der Waals surface area contributed by atoms with Gasteiger partial charge in [0.2, 0.25) is 0 Å². The molecule has 1 aromatic carbocycles. The number of rotatable bonds is 4. The number of carbonyl (C=O) groups is 1. The van der Waals surface area contributed by atoms with Gasteiger partial charge in [0, 0.05) is 16.1 Å². The molecule has 0 aliphatic rings. The van der Waals surface area contributed by atoms with Crippen LogP contribution in [-0.2, 0) is 11.3 Å². The van der Waals surface area contributed by atoms with Crippen molar-refractivity contribution in [3.05, 3.63) is 34.9 Å². The van der Waals surface area contributed by atoms with Crippen molar-refractivity contribution in [1.29, 1.82) is 0 Å². The Morgan fingerprint density at radius 1 is 1.33 bits per heavy atom. The number of carbonyl (C=O) groups excluding carboxylic acids is 1. The van der Waals surface area contributed by atoms with Crippen molar-refractivity contribution in [2.45, 2.75) is 32.9 Å². The summed E-state index contributed by atoms with van der Waals surface area (Å²) in [5.74, 6) is 0.0621. The minimum absolute atomic E-state index is 0.0621. The Hall–Kier alpha value is -1.06. The first-order valence-corrected chi connectivity index (χ1v) is 6.51. The van der Waals surface area contributed by atoms with Crippen LogP contribution in [0.2, 0.25) is 5.02 Å². The predicted octanol–water partition coefficient (Wildman–Crippen LogP) is 1.27. The molecule has 0 saturated carbocycles. The zero-order valence-corrected chi connectivity index (χ0v) is 12.3. The topological polar surface area (TPSA) is 33.5 Å². The molecule has 0 radical (unpaired) electrons. The van der Waals surface area contributed by atoms with E-state index in [1.165, 1.54) is 0 Å². The van der Waals surface area contributed by atoms with Crippen LogP contribution < -0.4 is 10.2 Å². The number of halogens is 1. The Morgan fingerprint density at radius 2 is 1.94 bits per heavy atom. The summed E-state index contributed by atoms with van der Waals surface area (Å²) in [6.45, 7) is 7.14. The van der Waals surface area contributed by atoms with Crippen LogP contribution in [0.1, 0.15) is 26.3 Å². The molecule has 1 aromatic rings. The van der Waals surface area contributed by atoms with Crippen LogP contribution in [0.15, 0.2) is 24.3 Å². The van der Waals surface area contributed by atoms with Gasteiger partial charge in [-0.3, -0.25) is 4.79 Å². The molecule has 0 heterocycles. The van der Waals surface area contributed by atoms with Crippen LogP contribution in [-0.4, -0.2) is 25.0 Å². The molecule has 1 atom stereocenters. The molecular weight excluding hydrogens is 248 g/mol. The fourth-order valence-corrected chi connectivity index (χ4v) is 1.97. The van der Waals surface area contributed by atoms with E-state index >= 15 is 0 Å². The molecule has 1 unspecified atom stereocenters. The molecule has 3 nitrogen and oxygen atoms in total. The van der Waals surface area contributed by atoms with Crippen LogP contribution in [0.4, 0.5) is 0 Å². The fraction of sp³-hybridized carbons (Fsp3) is 0.500. The predicted molar refractivity (Wildman–Crippen MR) is 74.8 cm³/mol. The van der Waals surface area contributed by atoms with Crippen LogP contribution >= 0.6 is 11.6 Å². The van der Waals surface area contributed by atoms with E-state index in [4.69, 9.17) is 11.6 Å². The normalized spacial score (nSPS) is 13.2. The van der Waals surface area contributed by atoms with Gasteiger partial charge in [-0.15, -0.1) is 0 Å².